The van der Waals surface area contributed by atoms with Gasteiger partial charge in [-0.1, -0.05) is 0 Å². The molecule has 0 unspecified atom stereocenters. The van der Waals surface area contributed by atoms with Crippen molar-refractivity contribution in [3.8, 4) is 0 Å². The van der Waals surface area contributed by atoms with Crippen molar-refractivity contribution in [2.24, 2.45) is 7.05 Å². The summed E-state index contributed by atoms with van der Waals surface area (Å²) in [4.78, 5) is 10.9. The lowest BCUT2D eigenvalue weighted by atomic mass is 10.2. The van der Waals surface area contributed by atoms with Crippen molar-refractivity contribution in [3.05, 3.63) is 17.5 Å². The number of carboxylic acid groups (broad SMARTS) is 1. The molecule has 0 saturated heterocycles. The van der Waals surface area contributed by atoms with Crippen LogP contribution in [0.15, 0.2) is 6.20 Å². The van der Waals surface area contributed by atoms with E-state index in [0.29, 0.717) is 12.2 Å². The number of aromatic carboxylic acids is 1. The molecule has 0 bridgehead atoms. The van der Waals surface area contributed by atoms with Crippen LogP contribution < -0.4 is 5.32 Å². The lowest BCUT2D eigenvalue weighted by Crippen LogP contribution is -2.20. The Hall–Kier alpha value is -1.40. The number of carbonyl (C=O) groups is 1. The average molecular weight is 241 g/mol. The van der Waals surface area contributed by atoms with Gasteiger partial charge in [-0.15, -0.1) is 0 Å². The van der Waals surface area contributed by atoms with Crippen LogP contribution in [-0.4, -0.2) is 40.6 Å². The molecule has 17 heavy (non-hydrogen) atoms. The van der Waals surface area contributed by atoms with Crippen molar-refractivity contribution in [2.45, 2.75) is 19.9 Å². The number of nitrogens with one attached hydrogen (secondary N) is 1. The van der Waals surface area contributed by atoms with Crippen LogP contribution in [0.5, 0.6) is 0 Å². The lowest BCUT2D eigenvalue weighted by molar-refractivity contribution is 0.0695. The molecule has 1 aromatic rings. The molecular formula is C11H19N3O3. The lowest BCUT2D eigenvalue weighted by Gasteiger charge is -2.06. The van der Waals surface area contributed by atoms with Crippen LogP contribution in [0.4, 0.5) is 0 Å². The Balaban J connectivity index is 2.36. The summed E-state index contributed by atoms with van der Waals surface area (Å²) in [5, 5.41) is 16.1. The molecule has 0 aliphatic heterocycles. The number of aryl methyl sites for hydroxylation is 1. The second-order valence-electron chi connectivity index (χ2n) is 3.66. The maximum Gasteiger partial charge on any atom is 0.339 e. The minimum Gasteiger partial charge on any atom is -0.478 e. The van der Waals surface area contributed by atoms with Gasteiger partial charge in [0, 0.05) is 26.8 Å². The molecular weight excluding hydrogens is 222 g/mol. The van der Waals surface area contributed by atoms with E-state index in [-0.39, 0.29) is 5.56 Å². The van der Waals surface area contributed by atoms with Crippen LogP contribution in [0.2, 0.25) is 0 Å². The molecule has 1 aromatic heterocycles. The summed E-state index contributed by atoms with van der Waals surface area (Å²) in [5.41, 5.74) is 0.943. The van der Waals surface area contributed by atoms with E-state index in [1.54, 1.807) is 11.7 Å². The maximum atomic E-state index is 10.9. The molecule has 1 rings (SSSR count). The quantitative estimate of drug-likeness (QED) is 0.653. The highest BCUT2D eigenvalue weighted by Gasteiger charge is 2.13. The highest BCUT2D eigenvalue weighted by molar-refractivity contribution is 5.88. The smallest absolute Gasteiger partial charge is 0.339 e. The molecule has 0 aromatic carbocycles. The number of carboxylic acids is 1. The van der Waals surface area contributed by atoms with Crippen LogP contribution in [0, 0.1) is 0 Å². The van der Waals surface area contributed by atoms with E-state index in [0.717, 1.165) is 26.2 Å². The van der Waals surface area contributed by atoms with E-state index in [4.69, 9.17) is 9.84 Å². The van der Waals surface area contributed by atoms with Gasteiger partial charge in [0.2, 0.25) is 0 Å². The first-order chi connectivity index (χ1) is 8.16. The van der Waals surface area contributed by atoms with Gasteiger partial charge in [-0.3, -0.25) is 4.68 Å². The third kappa shape index (κ3) is 4.16. The van der Waals surface area contributed by atoms with Gasteiger partial charge in [0.1, 0.15) is 5.56 Å². The summed E-state index contributed by atoms with van der Waals surface area (Å²) >= 11 is 0. The Morgan fingerprint density at radius 1 is 1.65 bits per heavy atom. The number of aromatic nitrogens is 2. The van der Waals surface area contributed by atoms with Crippen LogP contribution in [-0.2, 0) is 18.3 Å². The summed E-state index contributed by atoms with van der Waals surface area (Å²) in [7, 11) is 1.74. The van der Waals surface area contributed by atoms with E-state index in [1.807, 2.05) is 6.92 Å². The molecule has 96 valence electrons. The Kier molecular flexibility index (Phi) is 5.65. The molecule has 6 heteroatoms. The summed E-state index contributed by atoms with van der Waals surface area (Å²) in [6.07, 6.45) is 2.29. The first kappa shape index (κ1) is 13.7. The first-order valence-electron chi connectivity index (χ1n) is 5.69. The fraction of sp³-hybridized carbons (Fsp3) is 0.636. The number of hydrogen-bond donors (Lipinski definition) is 2. The van der Waals surface area contributed by atoms with Crippen molar-refractivity contribution in [1.29, 1.82) is 0 Å². The Bertz CT molecular complexity index is 363. The SMILES string of the molecule is CCOCCCNCc1c(C(=O)O)cnn1C. The minimum atomic E-state index is -0.941. The molecule has 2 N–H and O–H groups in total. The van der Waals surface area contributed by atoms with Gasteiger partial charge in [-0.2, -0.15) is 5.10 Å². The first-order valence-corrected chi connectivity index (χ1v) is 5.69. The third-order valence-corrected chi connectivity index (χ3v) is 2.43. The van der Waals surface area contributed by atoms with Gasteiger partial charge in [0.15, 0.2) is 0 Å². The fourth-order valence-corrected chi connectivity index (χ4v) is 1.50. The molecule has 0 saturated carbocycles. The van der Waals surface area contributed by atoms with Crippen molar-refractivity contribution in [3.63, 3.8) is 0 Å². The summed E-state index contributed by atoms with van der Waals surface area (Å²) in [5.74, 6) is -0.941. The largest absolute Gasteiger partial charge is 0.478 e. The Morgan fingerprint density at radius 2 is 2.41 bits per heavy atom. The van der Waals surface area contributed by atoms with E-state index in [2.05, 4.69) is 10.4 Å². The van der Waals surface area contributed by atoms with Crippen molar-refractivity contribution in [2.75, 3.05) is 19.8 Å². The van der Waals surface area contributed by atoms with E-state index < -0.39 is 5.97 Å². The van der Waals surface area contributed by atoms with Crippen molar-refractivity contribution >= 4 is 5.97 Å². The minimum absolute atomic E-state index is 0.254. The zero-order valence-corrected chi connectivity index (χ0v) is 10.3. The predicted octanol–water partition coefficient (Wildman–Crippen LogP) is 0.634. The maximum absolute atomic E-state index is 10.9. The number of ether oxygens (including phenoxy) is 1. The number of hydrogen-bond acceptors (Lipinski definition) is 4. The normalized spacial score (nSPS) is 10.7. The molecule has 0 aliphatic carbocycles. The van der Waals surface area contributed by atoms with Crippen LogP contribution in [0.3, 0.4) is 0 Å². The Labute approximate surface area is 101 Å². The van der Waals surface area contributed by atoms with Crippen molar-refractivity contribution < 1.29 is 14.6 Å². The zero-order chi connectivity index (χ0) is 12.7. The van der Waals surface area contributed by atoms with Gasteiger partial charge < -0.3 is 15.2 Å². The highest BCUT2D eigenvalue weighted by Crippen LogP contribution is 2.06. The van der Waals surface area contributed by atoms with E-state index in [1.165, 1.54) is 6.20 Å². The van der Waals surface area contributed by atoms with Gasteiger partial charge in [0.25, 0.3) is 0 Å². The van der Waals surface area contributed by atoms with Gasteiger partial charge >= 0.3 is 5.97 Å². The van der Waals surface area contributed by atoms with Gasteiger partial charge in [0.05, 0.1) is 11.9 Å². The molecule has 0 amide bonds. The monoisotopic (exact) mass is 241 g/mol. The second-order valence-corrected chi connectivity index (χ2v) is 3.66. The van der Waals surface area contributed by atoms with Crippen LogP contribution >= 0.6 is 0 Å². The number of rotatable bonds is 8. The molecule has 0 atom stereocenters. The third-order valence-electron chi connectivity index (χ3n) is 2.43. The van der Waals surface area contributed by atoms with Crippen molar-refractivity contribution in [1.82, 2.24) is 15.1 Å². The summed E-state index contributed by atoms with van der Waals surface area (Å²) in [6.45, 7) is 4.71. The molecule has 6 nitrogen and oxygen atoms in total. The second kappa shape index (κ2) is 7.03. The standard InChI is InChI=1S/C11H19N3O3/c1-3-17-6-4-5-12-8-10-9(11(15)16)7-13-14(10)2/h7,12H,3-6,8H2,1-2H3,(H,15,16). The van der Waals surface area contributed by atoms with E-state index in [9.17, 15) is 4.79 Å². The van der Waals surface area contributed by atoms with Crippen LogP contribution in [0.25, 0.3) is 0 Å². The fourth-order valence-electron chi connectivity index (χ4n) is 1.50. The average Bonchev–Trinajstić information content (AvgIpc) is 2.65. The van der Waals surface area contributed by atoms with Crippen LogP contribution in [0.1, 0.15) is 29.4 Å². The molecule has 0 spiro atoms. The van der Waals surface area contributed by atoms with Gasteiger partial charge in [-0.05, 0) is 19.9 Å². The summed E-state index contributed by atoms with van der Waals surface area (Å²) < 4.78 is 6.79. The molecule has 0 aliphatic rings. The Morgan fingerprint density at radius 3 is 3.06 bits per heavy atom. The van der Waals surface area contributed by atoms with E-state index >= 15 is 0 Å². The number of nitrogens with zero attached hydrogens (tertiary/aromatic N) is 2. The molecule has 0 fully saturated rings. The highest BCUT2D eigenvalue weighted by atomic mass is 16.5. The molecule has 0 radical (unpaired) electrons. The zero-order valence-electron chi connectivity index (χ0n) is 10.3. The topological polar surface area (TPSA) is 76.4 Å². The summed E-state index contributed by atoms with van der Waals surface area (Å²) in [6, 6.07) is 0. The molecule has 1 heterocycles. The predicted molar refractivity (Wildman–Crippen MR) is 63.0 cm³/mol. The van der Waals surface area contributed by atoms with Gasteiger partial charge in [-0.25, -0.2) is 4.79 Å².